The van der Waals surface area contributed by atoms with Crippen molar-refractivity contribution < 1.29 is 5.11 Å². The fourth-order valence-corrected chi connectivity index (χ4v) is 2.58. The molecule has 5 heteroatoms. The van der Waals surface area contributed by atoms with Gasteiger partial charge in [-0.1, -0.05) is 39.2 Å². The molecule has 1 unspecified atom stereocenters. The average Bonchev–Trinajstić information content (AvgIpc) is 2.93. The lowest BCUT2D eigenvalue weighted by Gasteiger charge is -2.22. The van der Waals surface area contributed by atoms with Crippen molar-refractivity contribution in [1.29, 1.82) is 5.26 Å². The highest BCUT2D eigenvalue weighted by Gasteiger charge is 2.23. The van der Waals surface area contributed by atoms with Crippen molar-refractivity contribution in [2.24, 2.45) is 5.92 Å². The maximum Gasteiger partial charge on any atom is 0.0994 e. The van der Waals surface area contributed by atoms with Crippen molar-refractivity contribution in [2.75, 3.05) is 14.1 Å². The second-order valence-corrected chi connectivity index (χ2v) is 6.89. The summed E-state index contributed by atoms with van der Waals surface area (Å²) in [6.45, 7) is 15.7. The second-order valence-electron chi connectivity index (χ2n) is 6.89. The van der Waals surface area contributed by atoms with Crippen LogP contribution in [0.2, 0.25) is 0 Å². The zero-order valence-corrected chi connectivity index (χ0v) is 16.4. The number of hydrogen-bond donors (Lipinski definition) is 2. The van der Waals surface area contributed by atoms with Crippen LogP contribution in [0.3, 0.4) is 0 Å². The Kier molecular flexibility index (Phi) is 9.73. The summed E-state index contributed by atoms with van der Waals surface area (Å²) in [7, 11) is 3.75. The van der Waals surface area contributed by atoms with E-state index >= 15 is 0 Å². The summed E-state index contributed by atoms with van der Waals surface area (Å²) >= 11 is 0. The Morgan fingerprint density at radius 2 is 1.96 bits per heavy atom. The fraction of sp³-hybridized carbons (Fsp3) is 0.500. The van der Waals surface area contributed by atoms with Gasteiger partial charge in [-0.05, 0) is 45.0 Å². The van der Waals surface area contributed by atoms with Gasteiger partial charge in [0, 0.05) is 12.1 Å². The number of nitrogens with one attached hydrogen (secondary N) is 1. The molecule has 0 aromatic carbocycles. The summed E-state index contributed by atoms with van der Waals surface area (Å²) in [4.78, 5) is 0. The van der Waals surface area contributed by atoms with Crippen LogP contribution < -0.4 is 5.32 Å². The first kappa shape index (κ1) is 22.8. The van der Waals surface area contributed by atoms with Crippen molar-refractivity contribution in [3.63, 3.8) is 0 Å². The third-order valence-corrected chi connectivity index (χ3v) is 3.42. The summed E-state index contributed by atoms with van der Waals surface area (Å²) in [6.07, 6.45) is 6.99. The highest BCUT2D eigenvalue weighted by atomic mass is 16.3. The van der Waals surface area contributed by atoms with Crippen LogP contribution in [0.4, 0.5) is 0 Å². The highest BCUT2D eigenvalue weighted by molar-refractivity contribution is 5.47. The molecule has 0 saturated heterocycles. The molecule has 1 atom stereocenters. The summed E-state index contributed by atoms with van der Waals surface area (Å²) < 4.78 is 1.73. The van der Waals surface area contributed by atoms with Gasteiger partial charge in [-0.3, -0.25) is 4.68 Å². The molecular formula is C20H32N4O. The van der Waals surface area contributed by atoms with Gasteiger partial charge in [-0.15, -0.1) is 0 Å². The molecule has 25 heavy (non-hydrogen) atoms. The molecule has 1 heterocycles. The lowest BCUT2D eigenvalue weighted by atomic mass is 9.81. The Labute approximate surface area is 152 Å². The SMILES string of the molecule is C=C/C(C#N)=C(\C=C)C(c1cnn(CC(C)(C)O)c1)C(C)C.CNC. The number of allylic oxidation sites excluding steroid dienone is 4. The third kappa shape index (κ3) is 7.51. The molecule has 1 aromatic rings. The molecule has 0 saturated carbocycles. The topological polar surface area (TPSA) is 73.9 Å². The summed E-state index contributed by atoms with van der Waals surface area (Å²) in [5.74, 6) is 0.289. The smallest absolute Gasteiger partial charge is 0.0994 e. The Morgan fingerprint density at radius 3 is 2.32 bits per heavy atom. The molecule has 1 aromatic heterocycles. The molecule has 138 valence electrons. The lowest BCUT2D eigenvalue weighted by molar-refractivity contribution is 0.0577. The number of aliphatic hydroxyl groups is 1. The van der Waals surface area contributed by atoms with Gasteiger partial charge >= 0.3 is 0 Å². The van der Waals surface area contributed by atoms with Gasteiger partial charge < -0.3 is 10.4 Å². The molecule has 0 bridgehead atoms. The average molecular weight is 345 g/mol. The Balaban J connectivity index is 0.00000178. The van der Waals surface area contributed by atoms with E-state index < -0.39 is 5.60 Å². The van der Waals surface area contributed by atoms with E-state index in [-0.39, 0.29) is 11.8 Å². The highest BCUT2D eigenvalue weighted by Crippen LogP contribution is 2.34. The van der Waals surface area contributed by atoms with E-state index in [1.165, 1.54) is 0 Å². The first-order valence-electron chi connectivity index (χ1n) is 8.37. The Hall–Kier alpha value is -2.16. The van der Waals surface area contributed by atoms with Crippen LogP contribution >= 0.6 is 0 Å². The van der Waals surface area contributed by atoms with Crippen LogP contribution in [-0.2, 0) is 6.54 Å². The molecule has 2 N–H and O–H groups in total. The van der Waals surface area contributed by atoms with Crippen molar-refractivity contribution in [2.45, 2.75) is 45.8 Å². The minimum atomic E-state index is -0.827. The summed E-state index contributed by atoms with van der Waals surface area (Å²) in [5, 5.41) is 26.3. The third-order valence-electron chi connectivity index (χ3n) is 3.42. The van der Waals surface area contributed by atoms with E-state index in [1.807, 2.05) is 20.3 Å². The molecule has 0 aliphatic carbocycles. The fourth-order valence-electron chi connectivity index (χ4n) is 2.58. The van der Waals surface area contributed by atoms with Gasteiger partial charge in [-0.25, -0.2) is 0 Å². The van der Waals surface area contributed by atoms with Crippen LogP contribution in [0.25, 0.3) is 0 Å². The van der Waals surface area contributed by atoms with Crippen LogP contribution in [0.1, 0.15) is 39.2 Å². The van der Waals surface area contributed by atoms with Crippen LogP contribution in [0.15, 0.2) is 48.8 Å². The van der Waals surface area contributed by atoms with Gasteiger partial charge in [0.2, 0.25) is 0 Å². The predicted octanol–water partition coefficient (Wildman–Crippen LogP) is 3.42. The van der Waals surface area contributed by atoms with Crippen molar-refractivity contribution >= 4 is 0 Å². The Morgan fingerprint density at radius 1 is 1.40 bits per heavy atom. The maximum absolute atomic E-state index is 9.91. The van der Waals surface area contributed by atoms with E-state index in [1.54, 1.807) is 36.9 Å². The Bertz CT molecular complexity index is 627. The molecule has 0 amide bonds. The second kappa shape index (κ2) is 10.7. The first-order chi connectivity index (χ1) is 11.6. The molecule has 5 nitrogen and oxygen atoms in total. The van der Waals surface area contributed by atoms with Crippen molar-refractivity contribution in [1.82, 2.24) is 15.1 Å². The molecule has 0 spiro atoms. The van der Waals surface area contributed by atoms with Gasteiger partial charge in [0.15, 0.2) is 0 Å². The first-order valence-corrected chi connectivity index (χ1v) is 8.37. The number of hydrogen-bond acceptors (Lipinski definition) is 4. The monoisotopic (exact) mass is 344 g/mol. The molecule has 0 fully saturated rings. The molecule has 0 radical (unpaired) electrons. The van der Waals surface area contributed by atoms with E-state index in [4.69, 9.17) is 0 Å². The van der Waals surface area contributed by atoms with Crippen molar-refractivity contribution in [3.8, 4) is 6.07 Å². The van der Waals surface area contributed by atoms with Crippen LogP contribution in [0, 0.1) is 17.2 Å². The van der Waals surface area contributed by atoms with E-state index in [0.717, 1.165) is 11.1 Å². The lowest BCUT2D eigenvalue weighted by Crippen LogP contribution is -2.26. The maximum atomic E-state index is 9.91. The zero-order valence-electron chi connectivity index (χ0n) is 16.4. The van der Waals surface area contributed by atoms with Gasteiger partial charge in [-0.2, -0.15) is 10.4 Å². The minimum absolute atomic E-state index is 0.0145. The molecule has 0 aliphatic heterocycles. The van der Waals surface area contributed by atoms with Crippen molar-refractivity contribution in [3.05, 3.63) is 54.4 Å². The van der Waals surface area contributed by atoms with Gasteiger partial charge in [0.25, 0.3) is 0 Å². The number of rotatable bonds is 7. The van der Waals surface area contributed by atoms with E-state index in [9.17, 15) is 10.4 Å². The standard InChI is InChI=1S/C18H25N3O.C2H7N/c1-7-14(9-19)16(8-2)17(13(3)4)15-10-20-21(11-15)12-18(5,6)22;1-3-2/h7-8,10-11,13,17,22H,1-2,12H2,3-6H3;3H,1-2H3/b16-14-;. The zero-order chi connectivity index (χ0) is 19.6. The normalized spacial score (nSPS) is 13.2. The van der Waals surface area contributed by atoms with Gasteiger partial charge in [0.1, 0.15) is 0 Å². The predicted molar refractivity (Wildman–Crippen MR) is 104 cm³/mol. The number of nitrogens with zero attached hydrogens (tertiary/aromatic N) is 3. The molecular weight excluding hydrogens is 312 g/mol. The number of nitriles is 1. The summed E-state index contributed by atoms with van der Waals surface area (Å²) in [6, 6.07) is 2.18. The summed E-state index contributed by atoms with van der Waals surface area (Å²) in [5.41, 5.74) is 1.56. The molecule has 0 aliphatic rings. The largest absolute Gasteiger partial charge is 0.389 e. The quantitative estimate of drug-likeness (QED) is 0.587. The van der Waals surface area contributed by atoms with Crippen LogP contribution in [-0.4, -0.2) is 34.6 Å². The minimum Gasteiger partial charge on any atom is -0.389 e. The van der Waals surface area contributed by atoms with Gasteiger partial charge in [0.05, 0.1) is 30.0 Å². The van der Waals surface area contributed by atoms with Crippen LogP contribution in [0.5, 0.6) is 0 Å². The van der Waals surface area contributed by atoms with E-state index in [2.05, 4.69) is 43.5 Å². The van der Waals surface area contributed by atoms with E-state index in [0.29, 0.717) is 12.1 Å². The molecule has 1 rings (SSSR count). The number of aromatic nitrogens is 2.